The molecule has 0 amide bonds. The number of nitrogens with one attached hydrogen (secondary N) is 1. The molecule has 1 aromatic heterocycles. The van der Waals surface area contributed by atoms with Crippen LogP contribution < -0.4 is 5.32 Å². The molecule has 0 bridgehead atoms. The molecule has 2 aliphatic rings. The maximum atomic E-state index is 4.86. The highest BCUT2D eigenvalue weighted by Crippen LogP contribution is 2.27. The molecule has 4 heteroatoms. The van der Waals surface area contributed by atoms with Crippen molar-refractivity contribution in [3.05, 3.63) is 15.6 Å². The molecule has 1 aromatic rings. The predicted molar refractivity (Wildman–Crippen MR) is 76.1 cm³/mol. The van der Waals surface area contributed by atoms with Gasteiger partial charge < -0.3 is 5.32 Å². The third-order valence-corrected chi connectivity index (χ3v) is 5.22. The number of thiazole rings is 1. The molecule has 2 aliphatic heterocycles. The third-order valence-electron chi connectivity index (χ3n) is 4.12. The van der Waals surface area contributed by atoms with Gasteiger partial charge in [-0.05, 0) is 33.2 Å². The number of hydrogen-bond donors (Lipinski definition) is 1. The van der Waals surface area contributed by atoms with E-state index < -0.39 is 0 Å². The standard InChI is InChI=1S/C14H23N3S/c1-10(2)17-7-5-12-13(9-17)18-14(16-12)8-11-4-3-6-15-11/h10-11,15H,3-9H2,1-2H3. The van der Waals surface area contributed by atoms with Crippen molar-refractivity contribution >= 4 is 11.3 Å². The molecule has 1 atom stereocenters. The van der Waals surface area contributed by atoms with Gasteiger partial charge in [0.2, 0.25) is 0 Å². The van der Waals surface area contributed by atoms with Crippen LogP contribution in [0.1, 0.15) is 42.3 Å². The van der Waals surface area contributed by atoms with Gasteiger partial charge in [-0.3, -0.25) is 4.90 Å². The van der Waals surface area contributed by atoms with E-state index in [1.54, 1.807) is 0 Å². The molecule has 0 saturated carbocycles. The van der Waals surface area contributed by atoms with Gasteiger partial charge >= 0.3 is 0 Å². The number of aromatic nitrogens is 1. The lowest BCUT2D eigenvalue weighted by molar-refractivity contribution is 0.205. The Kier molecular flexibility index (Phi) is 3.68. The molecule has 3 rings (SSSR count). The summed E-state index contributed by atoms with van der Waals surface area (Å²) in [5, 5.41) is 4.92. The second-order valence-electron chi connectivity index (χ2n) is 5.79. The van der Waals surface area contributed by atoms with Gasteiger partial charge in [-0.15, -0.1) is 11.3 Å². The highest BCUT2D eigenvalue weighted by atomic mass is 32.1. The first-order valence-electron chi connectivity index (χ1n) is 7.17. The Hall–Kier alpha value is -0.450. The molecular weight excluding hydrogens is 242 g/mol. The maximum Gasteiger partial charge on any atom is 0.0947 e. The Balaban J connectivity index is 1.68. The molecule has 100 valence electrons. The SMILES string of the molecule is CC(C)N1CCc2nc(CC3CCCN3)sc2C1. The van der Waals surface area contributed by atoms with Gasteiger partial charge in [-0.2, -0.15) is 0 Å². The molecule has 0 aliphatic carbocycles. The summed E-state index contributed by atoms with van der Waals surface area (Å²) in [6.07, 6.45) is 4.93. The van der Waals surface area contributed by atoms with Crippen molar-refractivity contribution in [3.8, 4) is 0 Å². The van der Waals surface area contributed by atoms with E-state index in [0.717, 1.165) is 19.4 Å². The van der Waals surface area contributed by atoms with Crippen molar-refractivity contribution in [1.29, 1.82) is 0 Å². The summed E-state index contributed by atoms with van der Waals surface area (Å²) in [6.45, 7) is 8.06. The van der Waals surface area contributed by atoms with E-state index in [1.807, 2.05) is 11.3 Å². The van der Waals surface area contributed by atoms with Crippen LogP contribution in [0.4, 0.5) is 0 Å². The van der Waals surface area contributed by atoms with Crippen LogP contribution in [0.5, 0.6) is 0 Å². The van der Waals surface area contributed by atoms with Crippen LogP contribution in [-0.4, -0.2) is 35.1 Å². The van der Waals surface area contributed by atoms with Crippen LogP contribution in [0.2, 0.25) is 0 Å². The average molecular weight is 265 g/mol. The second kappa shape index (κ2) is 5.27. The molecule has 0 spiro atoms. The third kappa shape index (κ3) is 2.60. The van der Waals surface area contributed by atoms with Crippen LogP contribution in [-0.2, 0) is 19.4 Å². The van der Waals surface area contributed by atoms with E-state index in [0.29, 0.717) is 12.1 Å². The van der Waals surface area contributed by atoms with Gasteiger partial charge in [0.25, 0.3) is 0 Å². The maximum absolute atomic E-state index is 4.86. The molecular formula is C14H23N3S. The van der Waals surface area contributed by atoms with E-state index in [2.05, 4.69) is 24.1 Å². The highest BCUT2D eigenvalue weighted by Gasteiger charge is 2.23. The Morgan fingerprint density at radius 1 is 1.50 bits per heavy atom. The van der Waals surface area contributed by atoms with Gasteiger partial charge in [0, 0.05) is 42.9 Å². The fourth-order valence-corrected chi connectivity index (χ4v) is 4.16. The molecule has 3 nitrogen and oxygen atoms in total. The van der Waals surface area contributed by atoms with E-state index in [-0.39, 0.29) is 0 Å². The Morgan fingerprint density at radius 3 is 3.11 bits per heavy atom. The zero-order chi connectivity index (χ0) is 12.5. The quantitative estimate of drug-likeness (QED) is 0.908. The molecule has 1 N–H and O–H groups in total. The molecule has 3 heterocycles. The van der Waals surface area contributed by atoms with Gasteiger partial charge in [0.15, 0.2) is 0 Å². The second-order valence-corrected chi connectivity index (χ2v) is 6.96. The summed E-state index contributed by atoms with van der Waals surface area (Å²) in [4.78, 5) is 8.93. The Morgan fingerprint density at radius 2 is 2.39 bits per heavy atom. The van der Waals surface area contributed by atoms with Crippen LogP contribution >= 0.6 is 11.3 Å². The fourth-order valence-electron chi connectivity index (χ4n) is 2.94. The minimum Gasteiger partial charge on any atom is -0.314 e. The highest BCUT2D eigenvalue weighted by molar-refractivity contribution is 7.11. The zero-order valence-corrected chi connectivity index (χ0v) is 12.2. The molecule has 1 fully saturated rings. The number of hydrogen-bond acceptors (Lipinski definition) is 4. The van der Waals surface area contributed by atoms with Crippen molar-refractivity contribution in [1.82, 2.24) is 15.2 Å². The topological polar surface area (TPSA) is 28.2 Å². The Bertz CT molecular complexity index is 407. The smallest absolute Gasteiger partial charge is 0.0947 e. The Labute approximate surface area is 114 Å². The van der Waals surface area contributed by atoms with Crippen molar-refractivity contribution in [2.75, 3.05) is 13.1 Å². The van der Waals surface area contributed by atoms with Crippen LogP contribution in [0.15, 0.2) is 0 Å². The first-order valence-corrected chi connectivity index (χ1v) is 7.99. The van der Waals surface area contributed by atoms with Crippen LogP contribution in [0.25, 0.3) is 0 Å². The number of rotatable bonds is 3. The zero-order valence-electron chi connectivity index (χ0n) is 11.4. The van der Waals surface area contributed by atoms with E-state index in [4.69, 9.17) is 4.98 Å². The van der Waals surface area contributed by atoms with Crippen molar-refractivity contribution in [2.24, 2.45) is 0 Å². The van der Waals surface area contributed by atoms with Crippen molar-refractivity contribution in [3.63, 3.8) is 0 Å². The molecule has 0 aromatic carbocycles. The van der Waals surface area contributed by atoms with Crippen molar-refractivity contribution in [2.45, 2.75) is 58.2 Å². The monoisotopic (exact) mass is 265 g/mol. The summed E-state index contributed by atoms with van der Waals surface area (Å²) in [7, 11) is 0. The molecule has 1 saturated heterocycles. The minimum absolute atomic E-state index is 0.653. The van der Waals surface area contributed by atoms with Gasteiger partial charge in [0.05, 0.1) is 10.7 Å². The molecule has 1 unspecified atom stereocenters. The first-order chi connectivity index (χ1) is 8.72. The fraction of sp³-hybridized carbons (Fsp3) is 0.786. The number of nitrogens with zero attached hydrogens (tertiary/aromatic N) is 2. The van der Waals surface area contributed by atoms with E-state index in [1.165, 1.54) is 41.5 Å². The minimum atomic E-state index is 0.653. The van der Waals surface area contributed by atoms with E-state index >= 15 is 0 Å². The summed E-state index contributed by atoms with van der Waals surface area (Å²) >= 11 is 1.95. The summed E-state index contributed by atoms with van der Waals surface area (Å²) in [6, 6.07) is 1.33. The van der Waals surface area contributed by atoms with Crippen LogP contribution in [0.3, 0.4) is 0 Å². The van der Waals surface area contributed by atoms with Gasteiger partial charge in [-0.1, -0.05) is 0 Å². The first kappa shape index (κ1) is 12.6. The summed E-state index contributed by atoms with van der Waals surface area (Å²) in [5.74, 6) is 0. The van der Waals surface area contributed by atoms with Crippen LogP contribution in [0, 0.1) is 0 Å². The lowest BCUT2D eigenvalue weighted by atomic mass is 10.1. The largest absolute Gasteiger partial charge is 0.314 e. The number of fused-ring (bicyclic) bond motifs is 1. The average Bonchev–Trinajstić information content (AvgIpc) is 2.96. The van der Waals surface area contributed by atoms with Gasteiger partial charge in [-0.25, -0.2) is 4.98 Å². The van der Waals surface area contributed by atoms with Gasteiger partial charge in [0.1, 0.15) is 0 Å². The lowest BCUT2D eigenvalue weighted by Gasteiger charge is -2.29. The normalized spacial score (nSPS) is 24.7. The lowest BCUT2D eigenvalue weighted by Crippen LogP contribution is -2.35. The predicted octanol–water partition coefficient (Wildman–Crippen LogP) is 2.20. The summed E-state index contributed by atoms with van der Waals surface area (Å²) < 4.78 is 0. The molecule has 18 heavy (non-hydrogen) atoms. The molecule has 0 radical (unpaired) electrons. The van der Waals surface area contributed by atoms with E-state index in [9.17, 15) is 0 Å². The van der Waals surface area contributed by atoms with Crippen molar-refractivity contribution < 1.29 is 0 Å². The summed E-state index contributed by atoms with van der Waals surface area (Å²) in [5.41, 5.74) is 1.38.